The minimum atomic E-state index is -0.0719. The Morgan fingerprint density at radius 3 is 2.86 bits per heavy atom. The van der Waals surface area contributed by atoms with Crippen molar-refractivity contribution in [1.82, 2.24) is 9.88 Å². The number of halogens is 1. The minimum Gasteiger partial charge on any atom is -0.385 e. The predicted molar refractivity (Wildman–Crippen MR) is 85.7 cm³/mol. The maximum Gasteiger partial charge on any atom is 0.256 e. The van der Waals surface area contributed by atoms with Crippen LogP contribution in [0.2, 0.25) is 5.02 Å². The van der Waals surface area contributed by atoms with Crippen LogP contribution in [0.1, 0.15) is 22.8 Å². The van der Waals surface area contributed by atoms with Gasteiger partial charge in [-0.25, -0.2) is 0 Å². The molecule has 1 heterocycles. The van der Waals surface area contributed by atoms with Gasteiger partial charge in [0.05, 0.1) is 5.56 Å². The summed E-state index contributed by atoms with van der Waals surface area (Å²) in [7, 11) is 1.77. The van der Waals surface area contributed by atoms with Crippen molar-refractivity contribution < 1.29 is 4.79 Å². The van der Waals surface area contributed by atoms with Crippen LogP contribution in [-0.4, -0.2) is 29.4 Å². The molecule has 2 rings (SSSR count). The van der Waals surface area contributed by atoms with Gasteiger partial charge in [-0.15, -0.1) is 0 Å². The molecule has 0 saturated heterocycles. The predicted octanol–water partition coefficient (Wildman–Crippen LogP) is 3.44. The van der Waals surface area contributed by atoms with Crippen LogP contribution < -0.4 is 5.32 Å². The van der Waals surface area contributed by atoms with Gasteiger partial charge in [0.1, 0.15) is 0 Å². The van der Waals surface area contributed by atoms with Crippen LogP contribution in [0.3, 0.4) is 0 Å². The summed E-state index contributed by atoms with van der Waals surface area (Å²) in [5.74, 6) is -0.0719. The summed E-state index contributed by atoms with van der Waals surface area (Å²) < 4.78 is 0. The lowest BCUT2D eigenvalue weighted by Gasteiger charge is -2.19. The number of carbonyl (C=O) groups excluding carboxylic acids is 1. The monoisotopic (exact) mass is 303 g/mol. The average molecular weight is 304 g/mol. The smallest absolute Gasteiger partial charge is 0.256 e. The lowest BCUT2D eigenvalue weighted by atomic mass is 10.1. The molecule has 1 aromatic heterocycles. The fourth-order valence-corrected chi connectivity index (χ4v) is 2.25. The molecule has 0 fully saturated rings. The molecule has 0 atom stereocenters. The summed E-state index contributed by atoms with van der Waals surface area (Å²) in [4.78, 5) is 18.3. The number of nitrogens with zero attached hydrogens (tertiary/aromatic N) is 2. The van der Waals surface area contributed by atoms with Gasteiger partial charge < -0.3 is 10.2 Å². The minimum absolute atomic E-state index is 0.0719. The van der Waals surface area contributed by atoms with Crippen molar-refractivity contribution in [1.29, 1.82) is 0 Å². The quantitative estimate of drug-likeness (QED) is 0.920. The Balaban J connectivity index is 2.20. The zero-order chi connectivity index (χ0) is 15.2. The molecule has 1 N–H and O–H groups in total. The molecule has 0 unspecified atom stereocenters. The lowest BCUT2D eigenvalue weighted by molar-refractivity contribution is 0.0786. The second-order valence-corrected chi connectivity index (χ2v) is 5.18. The van der Waals surface area contributed by atoms with Crippen molar-refractivity contribution in [2.75, 3.05) is 18.9 Å². The van der Waals surface area contributed by atoms with Crippen LogP contribution in [0, 0.1) is 0 Å². The summed E-state index contributed by atoms with van der Waals surface area (Å²) in [5, 5.41) is 3.74. The molecule has 0 aliphatic rings. The topological polar surface area (TPSA) is 45.2 Å². The SMILES string of the molecule is CCNc1ccc(Cl)cc1C(=O)N(C)Cc1cccnc1. The fraction of sp³-hybridized carbons (Fsp3) is 0.250. The van der Waals surface area contributed by atoms with E-state index < -0.39 is 0 Å². The highest BCUT2D eigenvalue weighted by molar-refractivity contribution is 6.31. The van der Waals surface area contributed by atoms with Crippen molar-refractivity contribution in [3.63, 3.8) is 0 Å². The Labute approximate surface area is 129 Å². The third-order valence-electron chi connectivity index (χ3n) is 3.07. The highest BCUT2D eigenvalue weighted by atomic mass is 35.5. The molecule has 1 aromatic carbocycles. The Morgan fingerprint density at radius 1 is 1.38 bits per heavy atom. The maximum atomic E-state index is 12.6. The molecule has 21 heavy (non-hydrogen) atoms. The van der Waals surface area contributed by atoms with Gasteiger partial charge in [0, 0.05) is 43.2 Å². The molecule has 0 aliphatic heterocycles. The maximum absolute atomic E-state index is 12.6. The summed E-state index contributed by atoms with van der Waals surface area (Å²) in [5.41, 5.74) is 2.36. The number of hydrogen-bond acceptors (Lipinski definition) is 3. The first kappa shape index (κ1) is 15.3. The number of anilines is 1. The summed E-state index contributed by atoms with van der Waals surface area (Å²) in [6, 6.07) is 9.10. The van der Waals surface area contributed by atoms with Gasteiger partial charge in [-0.1, -0.05) is 17.7 Å². The number of pyridine rings is 1. The van der Waals surface area contributed by atoms with Gasteiger partial charge in [0.15, 0.2) is 0 Å². The Bertz CT molecular complexity index is 616. The van der Waals surface area contributed by atoms with Crippen molar-refractivity contribution in [3.8, 4) is 0 Å². The normalized spacial score (nSPS) is 10.2. The van der Waals surface area contributed by atoms with E-state index in [1.807, 2.05) is 25.1 Å². The van der Waals surface area contributed by atoms with Crippen molar-refractivity contribution in [3.05, 3.63) is 58.9 Å². The molecule has 0 spiro atoms. The van der Waals surface area contributed by atoms with Gasteiger partial charge in [0.25, 0.3) is 5.91 Å². The van der Waals surface area contributed by atoms with Crippen LogP contribution in [0.15, 0.2) is 42.7 Å². The first-order valence-electron chi connectivity index (χ1n) is 6.79. The highest BCUT2D eigenvalue weighted by Gasteiger charge is 2.16. The Morgan fingerprint density at radius 2 is 2.19 bits per heavy atom. The molecule has 0 saturated carbocycles. The van der Waals surface area contributed by atoms with Crippen molar-refractivity contribution in [2.45, 2.75) is 13.5 Å². The third kappa shape index (κ3) is 3.95. The van der Waals surface area contributed by atoms with E-state index in [1.165, 1.54) is 0 Å². The van der Waals surface area contributed by atoms with E-state index in [0.717, 1.165) is 17.8 Å². The summed E-state index contributed by atoms with van der Waals surface area (Å²) in [6.45, 7) is 3.24. The van der Waals surface area contributed by atoms with E-state index in [2.05, 4.69) is 10.3 Å². The van der Waals surface area contributed by atoms with Crippen molar-refractivity contribution in [2.24, 2.45) is 0 Å². The summed E-state index contributed by atoms with van der Waals surface area (Å²) >= 11 is 6.02. The van der Waals surface area contributed by atoms with Gasteiger partial charge in [-0.05, 0) is 36.8 Å². The lowest BCUT2D eigenvalue weighted by Crippen LogP contribution is -2.27. The molecule has 0 aliphatic carbocycles. The molecule has 5 heteroatoms. The number of carbonyl (C=O) groups is 1. The molecule has 1 amide bonds. The number of hydrogen-bond donors (Lipinski definition) is 1. The first-order valence-corrected chi connectivity index (χ1v) is 7.17. The number of nitrogens with one attached hydrogen (secondary N) is 1. The molecule has 0 radical (unpaired) electrons. The highest BCUT2D eigenvalue weighted by Crippen LogP contribution is 2.22. The molecule has 0 bridgehead atoms. The summed E-state index contributed by atoms with van der Waals surface area (Å²) in [6.07, 6.45) is 3.47. The van der Waals surface area contributed by atoms with Crippen LogP contribution >= 0.6 is 11.6 Å². The number of rotatable bonds is 5. The molecular weight excluding hydrogens is 286 g/mol. The van der Waals surface area contributed by atoms with Gasteiger partial charge in [0.2, 0.25) is 0 Å². The fourth-order valence-electron chi connectivity index (χ4n) is 2.08. The Hall–Kier alpha value is -2.07. The van der Waals surface area contributed by atoms with Crippen LogP contribution in [0.5, 0.6) is 0 Å². The zero-order valence-electron chi connectivity index (χ0n) is 12.1. The van der Waals surface area contributed by atoms with E-state index in [4.69, 9.17) is 11.6 Å². The van der Waals surface area contributed by atoms with Crippen LogP contribution in [0.25, 0.3) is 0 Å². The average Bonchev–Trinajstić information content (AvgIpc) is 2.49. The van der Waals surface area contributed by atoms with Gasteiger partial charge >= 0.3 is 0 Å². The molecule has 2 aromatic rings. The molecule has 110 valence electrons. The number of aromatic nitrogens is 1. The largest absolute Gasteiger partial charge is 0.385 e. The first-order chi connectivity index (χ1) is 10.1. The van der Waals surface area contributed by atoms with Crippen molar-refractivity contribution >= 4 is 23.2 Å². The van der Waals surface area contributed by atoms with Gasteiger partial charge in [-0.3, -0.25) is 9.78 Å². The van der Waals surface area contributed by atoms with E-state index in [1.54, 1.807) is 36.5 Å². The zero-order valence-corrected chi connectivity index (χ0v) is 12.9. The second kappa shape index (κ2) is 7.09. The van der Waals surface area contributed by atoms with Gasteiger partial charge in [-0.2, -0.15) is 0 Å². The van der Waals surface area contributed by atoms with E-state index in [0.29, 0.717) is 17.1 Å². The molecular formula is C16H18ClN3O. The van der Waals surface area contributed by atoms with E-state index in [9.17, 15) is 4.79 Å². The number of amides is 1. The van der Waals surface area contributed by atoms with Crippen LogP contribution in [-0.2, 0) is 6.54 Å². The Kier molecular flexibility index (Phi) is 5.17. The second-order valence-electron chi connectivity index (χ2n) is 4.74. The molecule has 4 nitrogen and oxygen atoms in total. The van der Waals surface area contributed by atoms with E-state index in [-0.39, 0.29) is 5.91 Å². The standard InChI is InChI=1S/C16H18ClN3O/c1-3-19-15-7-6-13(17)9-14(15)16(21)20(2)11-12-5-4-8-18-10-12/h4-10,19H,3,11H2,1-2H3. The van der Waals surface area contributed by atoms with Crippen LogP contribution in [0.4, 0.5) is 5.69 Å². The third-order valence-corrected chi connectivity index (χ3v) is 3.30. The number of benzene rings is 1. The van der Waals surface area contributed by atoms with E-state index >= 15 is 0 Å².